The van der Waals surface area contributed by atoms with Gasteiger partial charge in [0.25, 0.3) is 0 Å². The van der Waals surface area contributed by atoms with Crippen molar-refractivity contribution in [3.05, 3.63) is 23.8 Å². The third-order valence-electron chi connectivity index (χ3n) is 4.07. The maximum Gasteiger partial charge on any atom is 0.187 e. The number of rotatable bonds is 5. The van der Waals surface area contributed by atoms with Gasteiger partial charge in [0.15, 0.2) is 16.6 Å². The van der Waals surface area contributed by atoms with Gasteiger partial charge in [0.2, 0.25) is 0 Å². The Balaban J connectivity index is 1.94. The van der Waals surface area contributed by atoms with Gasteiger partial charge in [-0.1, -0.05) is 19.3 Å². The molecule has 1 aliphatic rings. The van der Waals surface area contributed by atoms with Crippen molar-refractivity contribution in [2.45, 2.75) is 45.1 Å². The lowest BCUT2D eigenvalue weighted by Gasteiger charge is -2.23. The molecule has 2 N–H and O–H groups in total. The summed E-state index contributed by atoms with van der Waals surface area (Å²) in [4.78, 5) is 0. The van der Waals surface area contributed by atoms with E-state index < -0.39 is 0 Å². The lowest BCUT2D eigenvalue weighted by Crippen LogP contribution is -2.41. The van der Waals surface area contributed by atoms with Crippen molar-refractivity contribution in [1.82, 2.24) is 10.7 Å². The van der Waals surface area contributed by atoms with Crippen LogP contribution in [0.15, 0.2) is 23.3 Å². The number of benzene rings is 1. The zero-order valence-electron chi connectivity index (χ0n) is 14.0. The number of nitrogens with one attached hydrogen (secondary N) is 2. The predicted octanol–water partition coefficient (Wildman–Crippen LogP) is 3.22. The number of nitrogens with zero attached hydrogens (tertiary/aromatic N) is 1. The van der Waals surface area contributed by atoms with Crippen LogP contribution in [0, 0.1) is 0 Å². The molecule has 5 nitrogen and oxygen atoms in total. The minimum atomic E-state index is 0.473. The van der Waals surface area contributed by atoms with E-state index >= 15 is 0 Å². The Bertz CT molecular complexity index is 569. The summed E-state index contributed by atoms with van der Waals surface area (Å²) in [5, 5.41) is 8.27. The molecule has 0 radical (unpaired) electrons. The highest BCUT2D eigenvalue weighted by atomic mass is 32.1. The van der Waals surface area contributed by atoms with E-state index in [1.165, 1.54) is 32.1 Å². The molecule has 126 valence electrons. The Morgan fingerprint density at radius 3 is 2.48 bits per heavy atom. The summed E-state index contributed by atoms with van der Waals surface area (Å²) in [7, 11) is 3.24. The SMILES string of the molecule is COc1ccc(/C(C)=N\NC(=S)NC2CCCCC2)cc1OC. The van der Waals surface area contributed by atoms with Gasteiger partial charge in [0.05, 0.1) is 19.9 Å². The summed E-state index contributed by atoms with van der Waals surface area (Å²) >= 11 is 5.32. The summed E-state index contributed by atoms with van der Waals surface area (Å²) < 4.78 is 10.6. The summed E-state index contributed by atoms with van der Waals surface area (Å²) in [6.45, 7) is 1.93. The molecular formula is C17H25N3O2S. The van der Waals surface area contributed by atoms with Crippen molar-refractivity contribution >= 4 is 23.0 Å². The third-order valence-corrected chi connectivity index (χ3v) is 4.28. The lowest BCUT2D eigenvalue weighted by atomic mass is 9.96. The van der Waals surface area contributed by atoms with Gasteiger partial charge in [-0.25, -0.2) is 0 Å². The fourth-order valence-electron chi connectivity index (χ4n) is 2.73. The number of ether oxygens (including phenoxy) is 2. The van der Waals surface area contributed by atoms with Gasteiger partial charge in [-0.15, -0.1) is 0 Å². The van der Waals surface area contributed by atoms with Gasteiger partial charge >= 0.3 is 0 Å². The quantitative estimate of drug-likeness (QED) is 0.491. The van der Waals surface area contributed by atoms with E-state index in [9.17, 15) is 0 Å². The summed E-state index contributed by atoms with van der Waals surface area (Å²) in [6, 6.07) is 6.18. The molecule has 1 aliphatic carbocycles. The molecule has 0 bridgehead atoms. The van der Waals surface area contributed by atoms with Crippen LogP contribution < -0.4 is 20.2 Å². The zero-order valence-corrected chi connectivity index (χ0v) is 14.8. The molecule has 0 saturated heterocycles. The first-order valence-electron chi connectivity index (χ1n) is 7.97. The number of hydrogen-bond acceptors (Lipinski definition) is 4. The average molecular weight is 335 g/mol. The van der Waals surface area contributed by atoms with Gasteiger partial charge in [-0.3, -0.25) is 5.43 Å². The van der Waals surface area contributed by atoms with E-state index in [2.05, 4.69) is 15.8 Å². The van der Waals surface area contributed by atoms with E-state index in [4.69, 9.17) is 21.7 Å². The monoisotopic (exact) mass is 335 g/mol. The van der Waals surface area contributed by atoms with Crippen LogP contribution in [0.2, 0.25) is 0 Å². The molecule has 1 saturated carbocycles. The predicted molar refractivity (Wildman–Crippen MR) is 97.5 cm³/mol. The Morgan fingerprint density at radius 2 is 1.83 bits per heavy atom. The van der Waals surface area contributed by atoms with Gasteiger partial charge in [0, 0.05) is 11.6 Å². The van der Waals surface area contributed by atoms with E-state index in [0.717, 1.165) is 11.3 Å². The van der Waals surface area contributed by atoms with Crippen molar-refractivity contribution < 1.29 is 9.47 Å². The number of hydrazone groups is 1. The standard InChI is InChI=1S/C17H25N3O2S/c1-12(13-9-10-15(21-2)16(11-13)22-3)19-20-17(23)18-14-7-5-4-6-8-14/h9-11,14H,4-8H2,1-3H3,(H2,18,20,23)/b19-12-. The van der Waals surface area contributed by atoms with Crippen LogP contribution >= 0.6 is 12.2 Å². The summed E-state index contributed by atoms with van der Waals surface area (Å²) in [6.07, 6.45) is 6.23. The number of hydrogen-bond donors (Lipinski definition) is 2. The first-order chi connectivity index (χ1) is 11.1. The van der Waals surface area contributed by atoms with Gasteiger partial charge in [-0.2, -0.15) is 5.10 Å². The highest BCUT2D eigenvalue weighted by Gasteiger charge is 2.13. The van der Waals surface area contributed by atoms with Crippen molar-refractivity contribution in [2.24, 2.45) is 5.10 Å². The van der Waals surface area contributed by atoms with E-state index in [1.54, 1.807) is 14.2 Å². The van der Waals surface area contributed by atoms with Crippen LogP contribution in [-0.4, -0.2) is 31.1 Å². The Labute approximate surface area is 143 Å². The largest absolute Gasteiger partial charge is 0.493 e. The molecule has 6 heteroatoms. The van der Waals surface area contributed by atoms with Crippen LogP contribution in [0.3, 0.4) is 0 Å². The maximum atomic E-state index is 5.32. The molecule has 0 unspecified atom stereocenters. The molecule has 0 aromatic heterocycles. The Kier molecular flexibility index (Phi) is 6.65. The minimum absolute atomic E-state index is 0.473. The van der Waals surface area contributed by atoms with Crippen LogP contribution in [0.1, 0.15) is 44.6 Å². The second-order valence-electron chi connectivity index (χ2n) is 5.69. The molecular weight excluding hydrogens is 310 g/mol. The lowest BCUT2D eigenvalue weighted by molar-refractivity contribution is 0.355. The van der Waals surface area contributed by atoms with Crippen LogP contribution in [0.25, 0.3) is 0 Å². The first kappa shape index (κ1) is 17.5. The molecule has 1 aromatic carbocycles. The highest BCUT2D eigenvalue weighted by molar-refractivity contribution is 7.80. The minimum Gasteiger partial charge on any atom is -0.493 e. The average Bonchev–Trinajstić information content (AvgIpc) is 2.59. The van der Waals surface area contributed by atoms with Gasteiger partial charge in [-0.05, 0) is 50.2 Å². The maximum absolute atomic E-state index is 5.32. The summed E-state index contributed by atoms with van der Waals surface area (Å²) in [5.41, 5.74) is 4.72. The number of methoxy groups -OCH3 is 2. The van der Waals surface area contributed by atoms with Crippen molar-refractivity contribution in [1.29, 1.82) is 0 Å². The third kappa shape index (κ3) is 5.10. The molecule has 23 heavy (non-hydrogen) atoms. The van der Waals surface area contributed by atoms with Crippen LogP contribution in [-0.2, 0) is 0 Å². The molecule has 0 aliphatic heterocycles. The molecule has 1 aromatic rings. The molecule has 2 rings (SSSR count). The topological polar surface area (TPSA) is 54.9 Å². The van der Waals surface area contributed by atoms with Crippen molar-refractivity contribution in [2.75, 3.05) is 14.2 Å². The molecule has 1 fully saturated rings. The summed E-state index contributed by atoms with van der Waals surface area (Å²) in [5.74, 6) is 1.38. The fourth-order valence-corrected chi connectivity index (χ4v) is 2.94. The smallest absolute Gasteiger partial charge is 0.187 e. The highest BCUT2D eigenvalue weighted by Crippen LogP contribution is 2.27. The molecule has 0 amide bonds. The second kappa shape index (κ2) is 8.72. The van der Waals surface area contributed by atoms with E-state index in [-0.39, 0.29) is 0 Å². The zero-order chi connectivity index (χ0) is 16.7. The van der Waals surface area contributed by atoms with Crippen LogP contribution in [0.5, 0.6) is 11.5 Å². The van der Waals surface area contributed by atoms with Crippen molar-refractivity contribution in [3.8, 4) is 11.5 Å². The number of thiocarbonyl (C=S) groups is 1. The normalized spacial score (nSPS) is 15.9. The second-order valence-corrected chi connectivity index (χ2v) is 6.10. The van der Waals surface area contributed by atoms with Gasteiger partial charge < -0.3 is 14.8 Å². The van der Waals surface area contributed by atoms with Crippen LogP contribution in [0.4, 0.5) is 0 Å². The first-order valence-corrected chi connectivity index (χ1v) is 8.38. The molecule has 0 spiro atoms. The molecule has 0 heterocycles. The van der Waals surface area contributed by atoms with Crippen molar-refractivity contribution in [3.63, 3.8) is 0 Å². The fraction of sp³-hybridized carbons (Fsp3) is 0.529. The van der Waals surface area contributed by atoms with E-state index in [0.29, 0.717) is 22.7 Å². The Morgan fingerprint density at radius 1 is 1.13 bits per heavy atom. The molecule has 0 atom stereocenters. The van der Waals surface area contributed by atoms with E-state index in [1.807, 2.05) is 25.1 Å². The van der Waals surface area contributed by atoms with Gasteiger partial charge in [0.1, 0.15) is 0 Å². The Hall–Kier alpha value is -1.82.